The van der Waals surface area contributed by atoms with Crippen molar-refractivity contribution in [3.63, 3.8) is 0 Å². The van der Waals surface area contributed by atoms with E-state index in [0.717, 1.165) is 33.1 Å². The van der Waals surface area contributed by atoms with Gasteiger partial charge in [0.1, 0.15) is 5.01 Å². The Morgan fingerprint density at radius 3 is 1.94 bits per heavy atom. The molecule has 0 saturated heterocycles. The van der Waals surface area contributed by atoms with E-state index in [1.165, 1.54) is 57.5 Å². The summed E-state index contributed by atoms with van der Waals surface area (Å²) < 4.78 is 3.81. The summed E-state index contributed by atoms with van der Waals surface area (Å²) in [6.45, 7) is 0. The monoisotopic (exact) mass is 660 g/mol. The molecule has 0 N–H and O–H groups in total. The number of hydrogen-bond donors (Lipinski definition) is 0. The Morgan fingerprint density at radius 1 is 0.429 bits per heavy atom. The van der Waals surface area contributed by atoms with Crippen molar-refractivity contribution < 1.29 is 0 Å². The summed E-state index contributed by atoms with van der Waals surface area (Å²) in [5.74, 6) is 0. The fourth-order valence-electron chi connectivity index (χ4n) is 7.18. The highest BCUT2D eigenvalue weighted by Crippen LogP contribution is 2.47. The van der Waals surface area contributed by atoms with E-state index in [-0.39, 0.29) is 0 Å². The summed E-state index contributed by atoms with van der Waals surface area (Å²) in [6.07, 6.45) is 0. The van der Waals surface area contributed by atoms with Gasteiger partial charge in [0, 0.05) is 42.5 Å². The number of thiazole rings is 1. The Balaban J connectivity index is 1.25. The summed E-state index contributed by atoms with van der Waals surface area (Å²) in [6, 6.07) is 61.4. The maximum atomic E-state index is 5.09. The van der Waals surface area contributed by atoms with Crippen molar-refractivity contribution in [2.45, 2.75) is 0 Å². The Bertz CT molecular complexity index is 2830. The quantitative estimate of drug-likeness (QED) is 0.171. The maximum Gasteiger partial charge on any atom is 0.124 e. The third kappa shape index (κ3) is 4.72. The fourth-order valence-corrected chi connectivity index (χ4v) is 9.47. The number of hydrogen-bond acceptors (Lipinski definition) is 4. The fraction of sp³-hybridized carbons (Fsp3) is 0. The summed E-state index contributed by atoms with van der Waals surface area (Å²) >= 11 is 3.65. The second-order valence-electron chi connectivity index (χ2n) is 12.4. The topological polar surface area (TPSA) is 16.1 Å². The molecule has 2 aromatic heterocycles. The molecule has 0 fully saturated rings. The van der Waals surface area contributed by atoms with Crippen LogP contribution in [0.2, 0.25) is 0 Å². The normalized spacial score (nSPS) is 11.7. The van der Waals surface area contributed by atoms with Gasteiger partial charge in [0.05, 0.1) is 15.9 Å². The van der Waals surface area contributed by atoms with Gasteiger partial charge in [-0.25, -0.2) is 4.98 Å². The van der Waals surface area contributed by atoms with Gasteiger partial charge in [-0.05, 0) is 75.8 Å². The molecule has 0 bridgehead atoms. The van der Waals surface area contributed by atoms with E-state index in [2.05, 4.69) is 175 Å². The zero-order valence-electron chi connectivity index (χ0n) is 26.4. The van der Waals surface area contributed by atoms with Crippen LogP contribution in [0.25, 0.3) is 73.6 Å². The first kappa shape index (κ1) is 28.2. The molecule has 2 nitrogen and oxygen atoms in total. The lowest BCUT2D eigenvalue weighted by molar-refractivity contribution is 1.31. The van der Waals surface area contributed by atoms with Crippen LogP contribution < -0.4 is 4.90 Å². The van der Waals surface area contributed by atoms with Crippen LogP contribution in [0, 0.1) is 0 Å². The van der Waals surface area contributed by atoms with E-state index in [1.54, 1.807) is 11.3 Å². The summed E-state index contributed by atoms with van der Waals surface area (Å²) in [4.78, 5) is 7.54. The minimum atomic E-state index is 1.05. The second kappa shape index (κ2) is 11.4. The van der Waals surface area contributed by atoms with E-state index in [1.807, 2.05) is 11.3 Å². The van der Waals surface area contributed by atoms with Gasteiger partial charge in [-0.3, -0.25) is 0 Å². The third-order valence-electron chi connectivity index (χ3n) is 9.45. The first-order chi connectivity index (χ1) is 24.3. The molecule has 0 atom stereocenters. The first-order valence-corrected chi connectivity index (χ1v) is 18.1. The number of aromatic nitrogens is 1. The largest absolute Gasteiger partial charge is 0.310 e. The number of fused-ring (bicyclic) bond motifs is 8. The average Bonchev–Trinajstić information content (AvgIpc) is 3.77. The predicted molar refractivity (Wildman–Crippen MR) is 213 cm³/mol. The summed E-state index contributed by atoms with van der Waals surface area (Å²) in [7, 11) is 0. The lowest BCUT2D eigenvalue weighted by Crippen LogP contribution is -2.10. The summed E-state index contributed by atoms with van der Waals surface area (Å²) in [5.41, 5.74) is 8.01. The Labute approximate surface area is 291 Å². The van der Waals surface area contributed by atoms with Crippen molar-refractivity contribution in [2.24, 2.45) is 0 Å². The van der Waals surface area contributed by atoms with E-state index in [9.17, 15) is 0 Å². The Morgan fingerprint density at radius 2 is 1.10 bits per heavy atom. The van der Waals surface area contributed by atoms with Crippen LogP contribution in [0.15, 0.2) is 170 Å². The number of nitrogens with zero attached hydrogens (tertiary/aromatic N) is 2. The van der Waals surface area contributed by atoms with Crippen molar-refractivity contribution in [3.8, 4) is 21.7 Å². The lowest BCUT2D eigenvalue weighted by Gasteiger charge is -2.28. The molecule has 0 spiro atoms. The van der Waals surface area contributed by atoms with E-state index in [4.69, 9.17) is 4.98 Å². The molecule has 0 saturated carbocycles. The molecule has 0 aliphatic carbocycles. The van der Waals surface area contributed by atoms with E-state index < -0.39 is 0 Å². The van der Waals surface area contributed by atoms with Crippen molar-refractivity contribution in [1.29, 1.82) is 0 Å². The summed E-state index contributed by atoms with van der Waals surface area (Å²) in [5, 5.41) is 8.57. The van der Waals surface area contributed by atoms with Crippen LogP contribution >= 0.6 is 22.7 Å². The van der Waals surface area contributed by atoms with Gasteiger partial charge in [0.25, 0.3) is 0 Å². The molecule has 0 aliphatic heterocycles. The standard InChI is InChI=1S/C45H28N2S2/c1-3-12-29(13-4-1)31-17-11-18-33(26-31)47(40-27-32-16-7-8-19-35(32)36-20-9-10-21-37(36)40)34-22-24-41-38(28-34)43-42(48-41)25-23-39-44(43)49-45(46-39)30-14-5-2-6-15-30/h1-28H. The van der Waals surface area contributed by atoms with Gasteiger partial charge in [-0.2, -0.15) is 0 Å². The average molecular weight is 661 g/mol. The van der Waals surface area contributed by atoms with Crippen LogP contribution in [0.3, 0.4) is 0 Å². The molecule has 4 heteroatoms. The van der Waals surface area contributed by atoms with Crippen molar-refractivity contribution >= 4 is 91.7 Å². The molecule has 8 aromatic carbocycles. The molecule has 10 rings (SSSR count). The minimum Gasteiger partial charge on any atom is -0.310 e. The molecule has 2 heterocycles. The smallest absolute Gasteiger partial charge is 0.124 e. The molecule has 49 heavy (non-hydrogen) atoms. The number of thiophene rings is 1. The van der Waals surface area contributed by atoms with Gasteiger partial charge in [0.2, 0.25) is 0 Å². The highest BCUT2D eigenvalue weighted by molar-refractivity contribution is 7.28. The Kier molecular flexibility index (Phi) is 6.57. The molecule has 10 aromatic rings. The SMILES string of the molecule is c1ccc(-c2cccc(N(c3ccc4sc5ccc6nc(-c7ccccc7)sc6c5c4c3)c3cc4ccccc4c4ccccc34)c2)cc1. The van der Waals surface area contributed by atoms with Gasteiger partial charge >= 0.3 is 0 Å². The predicted octanol–water partition coefficient (Wildman–Crippen LogP) is 13.8. The van der Waals surface area contributed by atoms with E-state index in [0.29, 0.717) is 0 Å². The zero-order chi connectivity index (χ0) is 32.3. The minimum absolute atomic E-state index is 1.05. The number of rotatable bonds is 5. The van der Waals surface area contributed by atoms with Crippen LogP contribution in [0.5, 0.6) is 0 Å². The molecule has 0 radical (unpaired) electrons. The second-order valence-corrected chi connectivity index (χ2v) is 14.5. The van der Waals surface area contributed by atoms with Gasteiger partial charge in [0.15, 0.2) is 0 Å². The number of benzene rings is 8. The molecular weight excluding hydrogens is 633 g/mol. The lowest BCUT2D eigenvalue weighted by atomic mass is 9.98. The van der Waals surface area contributed by atoms with Gasteiger partial charge in [-0.1, -0.05) is 121 Å². The van der Waals surface area contributed by atoms with Crippen LogP contribution in [-0.4, -0.2) is 4.98 Å². The highest BCUT2D eigenvalue weighted by Gasteiger charge is 2.20. The first-order valence-electron chi connectivity index (χ1n) is 16.5. The molecule has 0 amide bonds. The van der Waals surface area contributed by atoms with Crippen molar-refractivity contribution in [2.75, 3.05) is 4.90 Å². The van der Waals surface area contributed by atoms with Crippen LogP contribution in [-0.2, 0) is 0 Å². The van der Waals surface area contributed by atoms with Crippen LogP contribution in [0.1, 0.15) is 0 Å². The molecule has 0 unspecified atom stereocenters. The van der Waals surface area contributed by atoms with Gasteiger partial charge < -0.3 is 4.90 Å². The zero-order valence-corrected chi connectivity index (χ0v) is 28.0. The Hall–Kier alpha value is -5.81. The van der Waals surface area contributed by atoms with E-state index >= 15 is 0 Å². The number of anilines is 3. The van der Waals surface area contributed by atoms with Crippen LogP contribution in [0.4, 0.5) is 17.1 Å². The van der Waals surface area contributed by atoms with Crippen molar-refractivity contribution in [1.82, 2.24) is 4.98 Å². The third-order valence-corrected chi connectivity index (χ3v) is 11.7. The molecule has 230 valence electrons. The molecule has 0 aliphatic rings. The van der Waals surface area contributed by atoms with Crippen molar-refractivity contribution in [3.05, 3.63) is 170 Å². The highest BCUT2D eigenvalue weighted by atomic mass is 32.1. The van der Waals surface area contributed by atoms with Gasteiger partial charge in [-0.15, -0.1) is 22.7 Å². The maximum absolute atomic E-state index is 5.09. The molecular formula is C45H28N2S2.